The van der Waals surface area contributed by atoms with E-state index in [1.165, 1.54) is 0 Å². The van der Waals surface area contributed by atoms with Gasteiger partial charge >= 0.3 is 0 Å². The van der Waals surface area contributed by atoms with Gasteiger partial charge in [0.25, 0.3) is 0 Å². The SMILES string of the molecule is Cc1cc(OCCCN(C)C)cc(C)c1N. The summed E-state index contributed by atoms with van der Waals surface area (Å²) >= 11 is 0. The maximum absolute atomic E-state index is 5.88. The fraction of sp³-hybridized carbons (Fsp3) is 0.538. The Morgan fingerprint density at radius 2 is 1.75 bits per heavy atom. The fourth-order valence-electron chi connectivity index (χ4n) is 1.59. The lowest BCUT2D eigenvalue weighted by Crippen LogP contribution is -2.15. The van der Waals surface area contributed by atoms with Crippen molar-refractivity contribution in [3.8, 4) is 5.75 Å². The number of benzene rings is 1. The molecule has 0 aromatic heterocycles. The Balaban J connectivity index is 2.49. The van der Waals surface area contributed by atoms with E-state index in [1.54, 1.807) is 0 Å². The van der Waals surface area contributed by atoms with Crippen molar-refractivity contribution in [1.82, 2.24) is 4.90 Å². The molecule has 0 saturated heterocycles. The number of hydrogen-bond donors (Lipinski definition) is 1. The topological polar surface area (TPSA) is 38.5 Å². The molecule has 3 heteroatoms. The molecule has 0 bridgehead atoms. The van der Waals surface area contributed by atoms with Crippen LogP contribution in [0.1, 0.15) is 17.5 Å². The second-order valence-electron chi connectivity index (χ2n) is 4.48. The Morgan fingerprint density at radius 3 is 2.25 bits per heavy atom. The molecule has 0 fully saturated rings. The van der Waals surface area contributed by atoms with Crippen LogP contribution in [0.25, 0.3) is 0 Å². The van der Waals surface area contributed by atoms with Gasteiger partial charge in [0.15, 0.2) is 0 Å². The molecule has 0 saturated carbocycles. The van der Waals surface area contributed by atoms with E-state index in [0.717, 1.165) is 42.1 Å². The van der Waals surface area contributed by atoms with Crippen LogP contribution in [0.15, 0.2) is 12.1 Å². The number of nitrogens with zero attached hydrogens (tertiary/aromatic N) is 1. The predicted molar refractivity (Wildman–Crippen MR) is 69.0 cm³/mol. The molecule has 0 unspecified atom stereocenters. The Kier molecular flexibility index (Phi) is 4.62. The Labute approximate surface area is 98.2 Å². The van der Waals surface area contributed by atoms with Gasteiger partial charge in [0.1, 0.15) is 5.75 Å². The zero-order chi connectivity index (χ0) is 12.1. The number of anilines is 1. The van der Waals surface area contributed by atoms with E-state index in [2.05, 4.69) is 19.0 Å². The molecule has 0 amide bonds. The van der Waals surface area contributed by atoms with E-state index in [0.29, 0.717) is 0 Å². The van der Waals surface area contributed by atoms with Gasteiger partial charge in [0.05, 0.1) is 6.61 Å². The zero-order valence-corrected chi connectivity index (χ0v) is 10.7. The standard InChI is InChI=1S/C13H22N2O/c1-10-8-12(9-11(2)13(10)14)16-7-5-6-15(3)4/h8-9H,5-7,14H2,1-4H3. The van der Waals surface area contributed by atoms with E-state index >= 15 is 0 Å². The van der Waals surface area contributed by atoms with Crippen LogP contribution in [0.2, 0.25) is 0 Å². The lowest BCUT2D eigenvalue weighted by Gasteiger charge is -2.12. The van der Waals surface area contributed by atoms with Crippen molar-refractivity contribution in [3.05, 3.63) is 23.3 Å². The van der Waals surface area contributed by atoms with Gasteiger partial charge in [-0.1, -0.05) is 0 Å². The Bertz CT molecular complexity index is 325. The second kappa shape index (κ2) is 5.75. The van der Waals surface area contributed by atoms with Crippen LogP contribution in [0.5, 0.6) is 5.75 Å². The summed E-state index contributed by atoms with van der Waals surface area (Å²) in [6.45, 7) is 5.82. The molecule has 2 N–H and O–H groups in total. The number of nitrogen functional groups attached to an aromatic ring is 1. The molecule has 0 atom stereocenters. The monoisotopic (exact) mass is 222 g/mol. The summed E-state index contributed by atoms with van der Waals surface area (Å²) in [6, 6.07) is 4.00. The summed E-state index contributed by atoms with van der Waals surface area (Å²) in [4.78, 5) is 2.16. The maximum Gasteiger partial charge on any atom is 0.119 e. The van der Waals surface area contributed by atoms with Crippen LogP contribution in [-0.4, -0.2) is 32.1 Å². The summed E-state index contributed by atoms with van der Waals surface area (Å²) in [5.74, 6) is 0.919. The highest BCUT2D eigenvalue weighted by molar-refractivity contribution is 5.55. The molecule has 16 heavy (non-hydrogen) atoms. The van der Waals surface area contributed by atoms with Gasteiger partial charge in [0.2, 0.25) is 0 Å². The minimum Gasteiger partial charge on any atom is -0.494 e. The van der Waals surface area contributed by atoms with Gasteiger partial charge in [-0.3, -0.25) is 0 Å². The third kappa shape index (κ3) is 3.74. The number of nitrogens with two attached hydrogens (primary N) is 1. The summed E-state index contributed by atoms with van der Waals surface area (Å²) in [7, 11) is 4.13. The number of ether oxygens (including phenoxy) is 1. The van der Waals surface area contributed by atoms with Crippen molar-refractivity contribution >= 4 is 5.69 Å². The van der Waals surface area contributed by atoms with Crippen molar-refractivity contribution < 1.29 is 4.74 Å². The Morgan fingerprint density at radius 1 is 1.19 bits per heavy atom. The molecular weight excluding hydrogens is 200 g/mol. The normalized spacial score (nSPS) is 10.8. The molecule has 0 aliphatic carbocycles. The van der Waals surface area contributed by atoms with Crippen LogP contribution in [0, 0.1) is 13.8 Å². The van der Waals surface area contributed by atoms with Gasteiger partial charge < -0.3 is 15.4 Å². The predicted octanol–water partition coefficient (Wildman–Crippen LogP) is 2.22. The minimum absolute atomic E-state index is 0.751. The third-order valence-corrected chi connectivity index (χ3v) is 2.59. The molecule has 90 valence electrons. The van der Waals surface area contributed by atoms with Gasteiger partial charge in [-0.25, -0.2) is 0 Å². The first-order chi connectivity index (χ1) is 7.50. The van der Waals surface area contributed by atoms with E-state index in [1.807, 2.05) is 26.0 Å². The van der Waals surface area contributed by atoms with Crippen LogP contribution in [-0.2, 0) is 0 Å². The number of rotatable bonds is 5. The van der Waals surface area contributed by atoms with Crippen LogP contribution >= 0.6 is 0 Å². The van der Waals surface area contributed by atoms with Crippen molar-refractivity contribution in [2.45, 2.75) is 20.3 Å². The van der Waals surface area contributed by atoms with Gasteiger partial charge in [0, 0.05) is 12.2 Å². The highest BCUT2D eigenvalue weighted by atomic mass is 16.5. The average molecular weight is 222 g/mol. The molecule has 0 radical (unpaired) electrons. The first-order valence-electron chi connectivity index (χ1n) is 5.65. The van der Waals surface area contributed by atoms with Crippen molar-refractivity contribution in [2.24, 2.45) is 0 Å². The van der Waals surface area contributed by atoms with Gasteiger partial charge in [-0.2, -0.15) is 0 Å². The summed E-state index contributed by atoms with van der Waals surface area (Å²) in [5, 5.41) is 0. The van der Waals surface area contributed by atoms with Crippen LogP contribution in [0.3, 0.4) is 0 Å². The first-order valence-corrected chi connectivity index (χ1v) is 5.65. The Hall–Kier alpha value is -1.22. The largest absolute Gasteiger partial charge is 0.494 e. The maximum atomic E-state index is 5.88. The lowest BCUT2D eigenvalue weighted by molar-refractivity contribution is 0.281. The molecule has 1 aromatic rings. The van der Waals surface area contributed by atoms with E-state index in [4.69, 9.17) is 10.5 Å². The number of hydrogen-bond acceptors (Lipinski definition) is 3. The molecule has 3 nitrogen and oxygen atoms in total. The van der Waals surface area contributed by atoms with Crippen molar-refractivity contribution in [1.29, 1.82) is 0 Å². The highest BCUT2D eigenvalue weighted by Crippen LogP contribution is 2.23. The summed E-state index contributed by atoms with van der Waals surface area (Å²) in [5.41, 5.74) is 8.92. The molecule has 0 heterocycles. The van der Waals surface area contributed by atoms with E-state index in [9.17, 15) is 0 Å². The fourth-order valence-corrected chi connectivity index (χ4v) is 1.59. The van der Waals surface area contributed by atoms with Gasteiger partial charge in [-0.05, 0) is 57.6 Å². The van der Waals surface area contributed by atoms with Gasteiger partial charge in [-0.15, -0.1) is 0 Å². The summed E-state index contributed by atoms with van der Waals surface area (Å²) in [6.07, 6.45) is 1.04. The lowest BCUT2D eigenvalue weighted by atomic mass is 10.1. The smallest absolute Gasteiger partial charge is 0.119 e. The zero-order valence-electron chi connectivity index (χ0n) is 10.7. The molecule has 1 rings (SSSR count). The quantitative estimate of drug-likeness (QED) is 0.613. The first kappa shape index (κ1) is 12.8. The highest BCUT2D eigenvalue weighted by Gasteiger charge is 2.02. The van der Waals surface area contributed by atoms with Crippen LogP contribution in [0.4, 0.5) is 5.69 Å². The number of aryl methyl sites for hydroxylation is 2. The third-order valence-electron chi connectivity index (χ3n) is 2.59. The molecule has 1 aromatic carbocycles. The molecule has 0 aliphatic rings. The summed E-state index contributed by atoms with van der Waals surface area (Å²) < 4.78 is 5.69. The average Bonchev–Trinajstić information content (AvgIpc) is 2.20. The van der Waals surface area contributed by atoms with Crippen molar-refractivity contribution in [2.75, 3.05) is 33.0 Å². The minimum atomic E-state index is 0.751. The molecule has 0 aliphatic heterocycles. The second-order valence-corrected chi connectivity index (χ2v) is 4.48. The van der Waals surface area contributed by atoms with E-state index < -0.39 is 0 Å². The van der Waals surface area contributed by atoms with E-state index in [-0.39, 0.29) is 0 Å². The van der Waals surface area contributed by atoms with Crippen molar-refractivity contribution in [3.63, 3.8) is 0 Å². The van der Waals surface area contributed by atoms with Crippen LogP contribution < -0.4 is 10.5 Å². The molecular formula is C13H22N2O. The molecule has 0 spiro atoms.